The van der Waals surface area contributed by atoms with Crippen LogP contribution in [0.25, 0.3) is 0 Å². The zero-order valence-corrected chi connectivity index (χ0v) is 11.8. The van der Waals surface area contributed by atoms with Crippen molar-refractivity contribution in [2.45, 2.75) is 20.3 Å². The van der Waals surface area contributed by atoms with E-state index in [1.807, 2.05) is 0 Å². The van der Waals surface area contributed by atoms with E-state index in [1.54, 1.807) is 12.1 Å². The minimum absolute atomic E-state index is 0.0656. The van der Waals surface area contributed by atoms with Crippen molar-refractivity contribution in [2.75, 3.05) is 14.2 Å². The highest BCUT2D eigenvalue weighted by molar-refractivity contribution is 6.34. The van der Waals surface area contributed by atoms with Crippen LogP contribution in [-0.4, -0.2) is 20.0 Å². The van der Waals surface area contributed by atoms with Crippen LogP contribution in [0.5, 0.6) is 11.5 Å². The Kier molecular flexibility index (Phi) is 3.28. The summed E-state index contributed by atoms with van der Waals surface area (Å²) in [5, 5.41) is 0.351. The summed E-state index contributed by atoms with van der Waals surface area (Å²) in [5.41, 5.74) is 0.632. The molecule has 0 heterocycles. The maximum atomic E-state index is 12.4. The molecular formula is C14H17ClO3. The molecule has 0 amide bonds. The fourth-order valence-electron chi connectivity index (χ4n) is 2.19. The molecule has 0 N–H and O–H groups in total. The van der Waals surface area contributed by atoms with Crippen LogP contribution in [0.2, 0.25) is 5.02 Å². The van der Waals surface area contributed by atoms with Gasteiger partial charge in [-0.05, 0) is 24.0 Å². The van der Waals surface area contributed by atoms with Crippen LogP contribution in [-0.2, 0) is 0 Å². The Bertz CT molecular complexity index is 494. The molecule has 1 fully saturated rings. The zero-order chi connectivity index (χ0) is 13.5. The van der Waals surface area contributed by atoms with E-state index in [2.05, 4.69) is 13.8 Å². The van der Waals surface area contributed by atoms with E-state index in [0.29, 0.717) is 22.1 Å². The van der Waals surface area contributed by atoms with Crippen molar-refractivity contribution in [3.05, 3.63) is 22.7 Å². The van der Waals surface area contributed by atoms with Crippen molar-refractivity contribution in [3.63, 3.8) is 0 Å². The number of carbonyl (C=O) groups is 1. The second-order valence-corrected chi connectivity index (χ2v) is 5.65. The molecule has 0 radical (unpaired) electrons. The first-order valence-corrected chi connectivity index (χ1v) is 6.25. The minimum atomic E-state index is 0.0656. The van der Waals surface area contributed by atoms with Gasteiger partial charge in [-0.3, -0.25) is 4.79 Å². The molecular weight excluding hydrogens is 252 g/mol. The zero-order valence-electron chi connectivity index (χ0n) is 11.0. The molecule has 1 aromatic carbocycles. The van der Waals surface area contributed by atoms with Gasteiger partial charge in [0.25, 0.3) is 0 Å². The second-order valence-electron chi connectivity index (χ2n) is 5.27. The highest BCUT2D eigenvalue weighted by Gasteiger charge is 2.51. The number of ether oxygens (including phenoxy) is 2. The van der Waals surface area contributed by atoms with Crippen molar-refractivity contribution in [3.8, 4) is 11.5 Å². The molecule has 0 bridgehead atoms. The van der Waals surface area contributed by atoms with Crippen molar-refractivity contribution >= 4 is 17.4 Å². The van der Waals surface area contributed by atoms with E-state index in [0.717, 1.165) is 6.42 Å². The Labute approximate surface area is 112 Å². The number of Topliss-reactive ketones (excluding diaryl/α,β-unsaturated/α-hetero) is 1. The van der Waals surface area contributed by atoms with Gasteiger partial charge in [-0.15, -0.1) is 0 Å². The van der Waals surface area contributed by atoms with Crippen molar-refractivity contribution in [2.24, 2.45) is 11.3 Å². The predicted molar refractivity (Wildman–Crippen MR) is 70.8 cm³/mol. The normalized spacial score (nSPS) is 20.4. The third kappa shape index (κ3) is 2.07. The lowest BCUT2D eigenvalue weighted by atomic mass is 10.0. The fraction of sp³-hybridized carbons (Fsp3) is 0.500. The van der Waals surface area contributed by atoms with Crippen LogP contribution in [0.4, 0.5) is 0 Å². The van der Waals surface area contributed by atoms with Crippen LogP contribution < -0.4 is 9.47 Å². The van der Waals surface area contributed by atoms with Gasteiger partial charge in [0, 0.05) is 5.92 Å². The van der Waals surface area contributed by atoms with Crippen LogP contribution >= 0.6 is 11.6 Å². The molecule has 1 aliphatic carbocycles. The number of carbonyl (C=O) groups excluding carboxylic acids is 1. The molecule has 98 valence electrons. The monoisotopic (exact) mass is 268 g/mol. The number of benzene rings is 1. The number of hydrogen-bond acceptors (Lipinski definition) is 3. The number of halogens is 1. The predicted octanol–water partition coefficient (Wildman–Crippen LogP) is 3.59. The molecule has 1 aliphatic rings. The molecule has 1 aromatic rings. The third-order valence-corrected chi connectivity index (χ3v) is 3.94. The van der Waals surface area contributed by atoms with Crippen molar-refractivity contribution in [1.29, 1.82) is 0 Å². The van der Waals surface area contributed by atoms with Gasteiger partial charge >= 0.3 is 0 Å². The second kappa shape index (κ2) is 4.47. The summed E-state index contributed by atoms with van der Waals surface area (Å²) < 4.78 is 10.4. The molecule has 0 saturated heterocycles. The summed E-state index contributed by atoms with van der Waals surface area (Å²) in [5.74, 6) is 1.08. The summed E-state index contributed by atoms with van der Waals surface area (Å²) in [7, 11) is 3.04. The molecule has 18 heavy (non-hydrogen) atoms. The number of ketones is 1. The van der Waals surface area contributed by atoms with Crippen molar-refractivity contribution < 1.29 is 14.3 Å². The van der Waals surface area contributed by atoms with Crippen LogP contribution in [0.3, 0.4) is 0 Å². The van der Waals surface area contributed by atoms with E-state index in [4.69, 9.17) is 21.1 Å². The maximum Gasteiger partial charge on any atom is 0.170 e. The summed E-state index contributed by atoms with van der Waals surface area (Å²) in [6.45, 7) is 4.18. The first kappa shape index (κ1) is 13.2. The molecule has 3 nitrogen and oxygen atoms in total. The quantitative estimate of drug-likeness (QED) is 0.783. The smallest absolute Gasteiger partial charge is 0.170 e. The van der Waals surface area contributed by atoms with Gasteiger partial charge in [0.15, 0.2) is 11.5 Å². The lowest BCUT2D eigenvalue weighted by Gasteiger charge is -2.13. The molecule has 1 atom stereocenters. The van der Waals surface area contributed by atoms with Gasteiger partial charge in [0.2, 0.25) is 0 Å². The number of rotatable bonds is 4. The molecule has 0 aromatic heterocycles. The van der Waals surface area contributed by atoms with Gasteiger partial charge in [-0.25, -0.2) is 0 Å². The minimum Gasteiger partial charge on any atom is -0.495 e. The topological polar surface area (TPSA) is 35.5 Å². The van der Waals surface area contributed by atoms with E-state index in [1.165, 1.54) is 14.2 Å². The summed E-state index contributed by atoms with van der Waals surface area (Å²) in [4.78, 5) is 12.4. The summed E-state index contributed by atoms with van der Waals surface area (Å²) >= 11 is 6.15. The van der Waals surface area contributed by atoms with Crippen molar-refractivity contribution in [1.82, 2.24) is 0 Å². The molecule has 2 rings (SSSR count). The number of hydrogen-bond donors (Lipinski definition) is 0. The lowest BCUT2D eigenvalue weighted by molar-refractivity contribution is 0.0950. The summed E-state index contributed by atoms with van der Waals surface area (Å²) in [6, 6.07) is 3.42. The van der Waals surface area contributed by atoms with Crippen LogP contribution in [0.1, 0.15) is 30.6 Å². The third-order valence-electron chi connectivity index (χ3n) is 3.58. The Hall–Kier alpha value is -1.22. The maximum absolute atomic E-state index is 12.4. The van der Waals surface area contributed by atoms with E-state index < -0.39 is 0 Å². The standard InChI is InChI=1S/C14H17ClO3/c1-14(2)7-9(14)12(16)8-5-6-10(17-3)11(15)13(8)18-4/h5-6,9H,7H2,1-4H3. The van der Waals surface area contributed by atoms with Crippen LogP contribution in [0.15, 0.2) is 12.1 Å². The van der Waals surface area contributed by atoms with Gasteiger partial charge in [-0.1, -0.05) is 25.4 Å². The van der Waals surface area contributed by atoms with E-state index in [9.17, 15) is 4.79 Å². The number of methoxy groups -OCH3 is 2. The van der Waals surface area contributed by atoms with Gasteiger partial charge in [-0.2, -0.15) is 0 Å². The Balaban J connectivity index is 2.40. The Morgan fingerprint density at radius 2 is 1.94 bits per heavy atom. The SMILES string of the molecule is COc1ccc(C(=O)C2CC2(C)C)c(OC)c1Cl. The van der Waals surface area contributed by atoms with E-state index in [-0.39, 0.29) is 17.1 Å². The van der Waals surface area contributed by atoms with Gasteiger partial charge < -0.3 is 9.47 Å². The largest absolute Gasteiger partial charge is 0.495 e. The molecule has 4 heteroatoms. The van der Waals surface area contributed by atoms with E-state index >= 15 is 0 Å². The highest BCUT2D eigenvalue weighted by atomic mass is 35.5. The van der Waals surface area contributed by atoms with Crippen LogP contribution in [0, 0.1) is 11.3 Å². The highest BCUT2D eigenvalue weighted by Crippen LogP contribution is 2.54. The first-order chi connectivity index (χ1) is 8.42. The summed E-state index contributed by atoms with van der Waals surface area (Å²) in [6.07, 6.45) is 0.915. The van der Waals surface area contributed by atoms with Gasteiger partial charge in [0.1, 0.15) is 10.8 Å². The molecule has 0 aliphatic heterocycles. The molecule has 1 saturated carbocycles. The molecule has 0 spiro atoms. The average Bonchev–Trinajstić information content (AvgIpc) is 2.97. The Morgan fingerprint density at radius 3 is 2.39 bits per heavy atom. The lowest BCUT2D eigenvalue weighted by Crippen LogP contribution is -2.09. The first-order valence-electron chi connectivity index (χ1n) is 5.87. The fourth-order valence-corrected chi connectivity index (χ4v) is 2.51. The Morgan fingerprint density at radius 1 is 1.33 bits per heavy atom. The average molecular weight is 269 g/mol. The van der Waals surface area contributed by atoms with Gasteiger partial charge in [0.05, 0.1) is 19.8 Å². The molecule has 1 unspecified atom stereocenters.